The van der Waals surface area contributed by atoms with Gasteiger partial charge in [0.15, 0.2) is 5.82 Å². The molecule has 17 heteroatoms. The van der Waals surface area contributed by atoms with E-state index in [1.807, 2.05) is 11.0 Å². The number of hydrogen-bond donors (Lipinski definition) is 1. The van der Waals surface area contributed by atoms with E-state index in [1.165, 1.54) is 29.2 Å². The molecule has 4 aliphatic rings. The number of halogens is 4. The normalized spacial score (nSPS) is 24.5. The summed E-state index contributed by atoms with van der Waals surface area (Å²) in [5.41, 5.74) is 5.14. The third-order valence-corrected chi connectivity index (χ3v) is 12.5. The topological polar surface area (TPSA) is 142 Å². The van der Waals surface area contributed by atoms with Gasteiger partial charge in [0, 0.05) is 48.9 Å². The molecule has 0 radical (unpaired) electrons. The van der Waals surface area contributed by atoms with Crippen molar-refractivity contribution in [1.29, 1.82) is 5.26 Å². The predicted octanol–water partition coefficient (Wildman–Crippen LogP) is 5.77. The molecule has 3 atom stereocenters. The van der Waals surface area contributed by atoms with Gasteiger partial charge < -0.3 is 20.3 Å². The Kier molecular flexibility index (Phi) is 7.36. The highest BCUT2D eigenvalue weighted by atomic mass is 35.5. The SMILES string of the molecule is N#Cc1c(N)sc2c(F)ccc(-c3c(Cl)cc4c(N5CCC6(CCN6C(=O)n6ccnn6)C5)nc(OC[C@@]56CCCN5C[C@H](F)C6)nc4c3F)c12. The van der Waals surface area contributed by atoms with E-state index in [0.717, 1.165) is 37.1 Å². The Hall–Kier alpha value is -4.72. The number of thiophene rings is 1. The highest BCUT2D eigenvalue weighted by Gasteiger charge is 2.53. The van der Waals surface area contributed by atoms with Gasteiger partial charge in [-0.25, -0.2) is 18.0 Å². The number of fused-ring (bicyclic) bond motifs is 3. The molecule has 1 amide bonds. The standard InChI is InChI=1S/C34H30ClF3N10O2S/c35-22-12-20-27(26(38)25(22)19-2-3-23(37)28-24(19)21(14-39)29(40)51-28)42-31(50-17-34-4-1-8-46(34)15-18(36)13-34)43-30(20)45-9-5-33(16-45)6-10-47(33)32(49)48-11-7-41-44-48/h2-3,7,11-12,18H,1,4-6,8-10,13,15-17,40H2/t18-,33?,34+/m1/s1. The molecular weight excluding hydrogens is 705 g/mol. The molecule has 0 bridgehead atoms. The maximum absolute atomic E-state index is 17.1. The van der Waals surface area contributed by atoms with Crippen LogP contribution in [0.5, 0.6) is 6.01 Å². The summed E-state index contributed by atoms with van der Waals surface area (Å²) in [5.74, 6) is -1.03. The Morgan fingerprint density at radius 2 is 2.04 bits per heavy atom. The van der Waals surface area contributed by atoms with Gasteiger partial charge in [0.05, 0.1) is 38.8 Å². The zero-order valence-electron chi connectivity index (χ0n) is 27.1. The van der Waals surface area contributed by atoms with Crippen LogP contribution in [0.25, 0.3) is 32.1 Å². The molecule has 1 spiro atoms. The summed E-state index contributed by atoms with van der Waals surface area (Å²) in [6.45, 7) is 2.68. The number of amides is 1. The number of rotatable bonds is 5. The van der Waals surface area contributed by atoms with Gasteiger partial charge in [-0.1, -0.05) is 22.9 Å². The second-order valence-corrected chi connectivity index (χ2v) is 15.3. The first-order chi connectivity index (χ1) is 24.6. The van der Waals surface area contributed by atoms with Crippen LogP contribution in [0.15, 0.2) is 30.6 Å². The minimum atomic E-state index is -0.965. The minimum absolute atomic E-state index is 0.000980. The number of anilines is 2. The Balaban J connectivity index is 1.16. The average Bonchev–Trinajstić information content (AvgIpc) is 3.93. The number of benzene rings is 2. The van der Waals surface area contributed by atoms with Crippen LogP contribution < -0.4 is 15.4 Å². The zero-order chi connectivity index (χ0) is 35.2. The summed E-state index contributed by atoms with van der Waals surface area (Å²) in [6, 6.07) is 5.79. The van der Waals surface area contributed by atoms with Gasteiger partial charge in [-0.15, -0.1) is 16.4 Å². The molecule has 5 aromatic rings. The lowest BCUT2D eigenvalue weighted by Crippen LogP contribution is -2.64. The third-order valence-electron chi connectivity index (χ3n) is 11.1. The lowest BCUT2D eigenvalue weighted by molar-refractivity contribution is 0.0398. The van der Waals surface area contributed by atoms with Crippen LogP contribution in [0.1, 0.15) is 37.7 Å². The van der Waals surface area contributed by atoms with E-state index in [9.17, 15) is 18.8 Å². The Morgan fingerprint density at radius 3 is 2.80 bits per heavy atom. The molecule has 2 aromatic carbocycles. The highest BCUT2D eigenvalue weighted by molar-refractivity contribution is 7.23. The zero-order valence-corrected chi connectivity index (χ0v) is 28.7. The Morgan fingerprint density at radius 1 is 1.20 bits per heavy atom. The minimum Gasteiger partial charge on any atom is -0.461 e. The van der Waals surface area contributed by atoms with Crippen LogP contribution in [0, 0.1) is 23.0 Å². The summed E-state index contributed by atoms with van der Waals surface area (Å²) in [5, 5.41) is 18.1. The van der Waals surface area contributed by atoms with Crippen LogP contribution >= 0.6 is 22.9 Å². The van der Waals surface area contributed by atoms with E-state index in [-0.39, 0.29) is 61.0 Å². The van der Waals surface area contributed by atoms with Gasteiger partial charge in [-0.2, -0.15) is 19.9 Å². The number of nitrogens with zero attached hydrogens (tertiary/aromatic N) is 9. The molecule has 3 aromatic heterocycles. The molecule has 262 valence electrons. The number of nitrogen functional groups attached to an aromatic ring is 1. The van der Waals surface area contributed by atoms with E-state index >= 15 is 4.39 Å². The number of alkyl halides is 1. The van der Waals surface area contributed by atoms with Crippen molar-refractivity contribution < 1.29 is 22.7 Å². The van der Waals surface area contributed by atoms with Crippen molar-refractivity contribution in [2.24, 2.45) is 0 Å². The van der Waals surface area contributed by atoms with Gasteiger partial charge in [-0.3, -0.25) is 4.90 Å². The van der Waals surface area contributed by atoms with Gasteiger partial charge in [0.2, 0.25) is 0 Å². The van der Waals surface area contributed by atoms with E-state index in [1.54, 1.807) is 11.0 Å². The van der Waals surface area contributed by atoms with Crippen molar-refractivity contribution in [1.82, 2.24) is 34.8 Å². The molecule has 0 aliphatic carbocycles. The maximum Gasteiger partial charge on any atom is 0.346 e. The van der Waals surface area contributed by atoms with Crippen LogP contribution in [-0.2, 0) is 0 Å². The summed E-state index contributed by atoms with van der Waals surface area (Å²) in [6.07, 6.45) is 5.38. The first-order valence-electron chi connectivity index (χ1n) is 16.7. The second-order valence-electron chi connectivity index (χ2n) is 13.8. The molecule has 9 rings (SSSR count). The van der Waals surface area contributed by atoms with Crippen LogP contribution in [0.3, 0.4) is 0 Å². The first kappa shape index (κ1) is 32.2. The molecule has 12 nitrogen and oxygen atoms in total. The number of carbonyl (C=O) groups excluding carboxylic acids is 1. The lowest BCUT2D eigenvalue weighted by atomic mass is 9.84. The molecule has 4 saturated heterocycles. The first-order valence-corrected chi connectivity index (χ1v) is 17.9. The van der Waals surface area contributed by atoms with Crippen LogP contribution in [0.4, 0.5) is 28.8 Å². The van der Waals surface area contributed by atoms with Crippen molar-refractivity contribution in [3.8, 4) is 23.2 Å². The van der Waals surface area contributed by atoms with Gasteiger partial charge >= 0.3 is 12.0 Å². The Labute approximate surface area is 298 Å². The number of aromatic nitrogens is 5. The fraction of sp³-hybridized carbons (Fsp3) is 0.412. The number of ether oxygens (including phenoxy) is 1. The average molecular weight is 735 g/mol. The van der Waals surface area contributed by atoms with Crippen molar-refractivity contribution in [3.63, 3.8) is 0 Å². The van der Waals surface area contributed by atoms with Crippen LogP contribution in [0.2, 0.25) is 5.02 Å². The number of nitriles is 1. The lowest BCUT2D eigenvalue weighted by Gasteiger charge is -2.50. The number of nitrogens with two attached hydrogens (primary N) is 1. The smallest absolute Gasteiger partial charge is 0.346 e. The van der Waals surface area contributed by atoms with Crippen molar-refractivity contribution in [3.05, 3.63) is 52.8 Å². The Bertz CT molecular complexity index is 2300. The van der Waals surface area contributed by atoms with E-state index < -0.39 is 28.9 Å². The van der Waals surface area contributed by atoms with E-state index in [4.69, 9.17) is 27.1 Å². The second kappa shape index (κ2) is 11.7. The molecular formula is C34H30ClF3N10O2S. The molecule has 4 aliphatic heterocycles. The van der Waals surface area contributed by atoms with Crippen LogP contribution in [-0.4, -0.2) is 97.4 Å². The predicted molar refractivity (Wildman–Crippen MR) is 185 cm³/mol. The molecule has 1 unspecified atom stereocenters. The fourth-order valence-corrected chi connectivity index (χ4v) is 9.85. The van der Waals surface area contributed by atoms with Crippen molar-refractivity contribution in [2.75, 3.05) is 50.0 Å². The van der Waals surface area contributed by atoms with Crippen molar-refractivity contribution in [2.45, 2.75) is 49.4 Å². The molecule has 0 saturated carbocycles. The summed E-state index contributed by atoms with van der Waals surface area (Å²) < 4.78 is 54.2. The summed E-state index contributed by atoms with van der Waals surface area (Å²) in [7, 11) is 0. The molecule has 51 heavy (non-hydrogen) atoms. The van der Waals surface area contributed by atoms with E-state index in [2.05, 4.69) is 20.2 Å². The van der Waals surface area contributed by atoms with Gasteiger partial charge in [-0.05, 0) is 49.9 Å². The quantitative estimate of drug-likeness (QED) is 0.237. The number of hydrogen-bond acceptors (Lipinski definition) is 11. The highest BCUT2D eigenvalue weighted by Crippen LogP contribution is 2.48. The summed E-state index contributed by atoms with van der Waals surface area (Å²) >= 11 is 7.79. The third kappa shape index (κ3) is 4.85. The molecule has 2 N–H and O–H groups in total. The van der Waals surface area contributed by atoms with Gasteiger partial charge in [0.25, 0.3) is 0 Å². The number of carbonyl (C=O) groups is 1. The van der Waals surface area contributed by atoms with Crippen molar-refractivity contribution >= 4 is 60.8 Å². The maximum atomic E-state index is 17.1. The number of likely N-dealkylation sites (tertiary alicyclic amines) is 1. The monoisotopic (exact) mass is 734 g/mol. The largest absolute Gasteiger partial charge is 0.461 e. The molecule has 7 heterocycles. The van der Waals surface area contributed by atoms with E-state index in [0.29, 0.717) is 50.2 Å². The fourth-order valence-electron chi connectivity index (χ4n) is 8.60. The molecule has 4 fully saturated rings. The van der Waals surface area contributed by atoms with Gasteiger partial charge in [0.1, 0.15) is 41.0 Å². The summed E-state index contributed by atoms with van der Waals surface area (Å²) in [4.78, 5) is 28.5.